The summed E-state index contributed by atoms with van der Waals surface area (Å²) in [5.41, 5.74) is 0. The molecular weight excluding hydrogens is 244 g/mol. The molecule has 0 radical (unpaired) electrons. The van der Waals surface area contributed by atoms with Gasteiger partial charge in [0.05, 0.1) is 0 Å². The SMILES string of the molecule is COCCCC(NC(=O)NCCSC)C(=O)O. The summed E-state index contributed by atoms with van der Waals surface area (Å²) in [7, 11) is 1.55. The summed E-state index contributed by atoms with van der Waals surface area (Å²) in [6.07, 6.45) is 2.89. The van der Waals surface area contributed by atoms with E-state index in [-0.39, 0.29) is 0 Å². The van der Waals surface area contributed by atoms with E-state index in [0.29, 0.717) is 26.0 Å². The fraction of sp³-hybridized carbons (Fsp3) is 0.800. The number of hydrogen-bond acceptors (Lipinski definition) is 4. The fourth-order valence-electron chi connectivity index (χ4n) is 1.17. The molecule has 0 aliphatic carbocycles. The van der Waals surface area contributed by atoms with Crippen molar-refractivity contribution in [3.05, 3.63) is 0 Å². The molecule has 0 bridgehead atoms. The van der Waals surface area contributed by atoms with Gasteiger partial charge in [-0.05, 0) is 19.1 Å². The highest BCUT2D eigenvalue weighted by atomic mass is 32.2. The highest BCUT2D eigenvalue weighted by molar-refractivity contribution is 7.98. The normalized spacial score (nSPS) is 11.9. The van der Waals surface area contributed by atoms with Gasteiger partial charge < -0.3 is 20.5 Å². The van der Waals surface area contributed by atoms with E-state index in [9.17, 15) is 9.59 Å². The third kappa shape index (κ3) is 8.82. The summed E-state index contributed by atoms with van der Waals surface area (Å²) in [5, 5.41) is 13.9. The number of amides is 2. The van der Waals surface area contributed by atoms with Crippen LogP contribution in [0.5, 0.6) is 0 Å². The van der Waals surface area contributed by atoms with Crippen LogP contribution in [0.1, 0.15) is 12.8 Å². The number of carbonyl (C=O) groups excluding carboxylic acids is 1. The molecule has 2 amide bonds. The smallest absolute Gasteiger partial charge is 0.326 e. The lowest BCUT2D eigenvalue weighted by molar-refractivity contribution is -0.139. The predicted octanol–water partition coefficient (Wildman–Crippen LogP) is 0.528. The molecule has 0 spiro atoms. The predicted molar refractivity (Wildman–Crippen MR) is 67.5 cm³/mol. The van der Waals surface area contributed by atoms with Crippen molar-refractivity contribution in [3.8, 4) is 0 Å². The summed E-state index contributed by atoms with van der Waals surface area (Å²) in [6.45, 7) is 1.01. The summed E-state index contributed by atoms with van der Waals surface area (Å²) in [5.74, 6) is -0.226. The maximum atomic E-state index is 11.3. The molecule has 7 heteroatoms. The quantitative estimate of drug-likeness (QED) is 0.529. The van der Waals surface area contributed by atoms with Crippen molar-refractivity contribution in [2.45, 2.75) is 18.9 Å². The number of carboxylic acids is 1. The molecule has 1 unspecified atom stereocenters. The number of ether oxygens (including phenoxy) is 1. The minimum atomic E-state index is -1.03. The Morgan fingerprint density at radius 2 is 2.18 bits per heavy atom. The maximum absolute atomic E-state index is 11.3. The lowest BCUT2D eigenvalue weighted by atomic mass is 10.1. The zero-order chi connectivity index (χ0) is 13.1. The Hall–Kier alpha value is -0.950. The van der Waals surface area contributed by atoms with Crippen LogP contribution < -0.4 is 10.6 Å². The van der Waals surface area contributed by atoms with Crippen molar-refractivity contribution in [1.82, 2.24) is 10.6 Å². The zero-order valence-electron chi connectivity index (χ0n) is 10.2. The molecule has 100 valence electrons. The van der Waals surface area contributed by atoms with E-state index in [1.807, 2.05) is 6.26 Å². The van der Waals surface area contributed by atoms with Crippen molar-refractivity contribution >= 4 is 23.8 Å². The van der Waals surface area contributed by atoms with E-state index >= 15 is 0 Å². The molecule has 6 nitrogen and oxygen atoms in total. The number of aliphatic carboxylic acids is 1. The van der Waals surface area contributed by atoms with Gasteiger partial charge >= 0.3 is 12.0 Å². The van der Waals surface area contributed by atoms with Gasteiger partial charge in [0.1, 0.15) is 6.04 Å². The molecule has 0 aliphatic rings. The molecule has 3 N–H and O–H groups in total. The lowest BCUT2D eigenvalue weighted by Gasteiger charge is -2.14. The Morgan fingerprint density at radius 1 is 1.47 bits per heavy atom. The maximum Gasteiger partial charge on any atom is 0.326 e. The third-order valence-corrected chi connectivity index (χ3v) is 2.65. The van der Waals surface area contributed by atoms with E-state index in [4.69, 9.17) is 9.84 Å². The number of nitrogens with one attached hydrogen (secondary N) is 2. The minimum Gasteiger partial charge on any atom is -0.480 e. The van der Waals surface area contributed by atoms with Crippen LogP contribution in [-0.2, 0) is 9.53 Å². The van der Waals surface area contributed by atoms with Gasteiger partial charge in [0.25, 0.3) is 0 Å². The number of urea groups is 1. The Morgan fingerprint density at radius 3 is 2.71 bits per heavy atom. The molecule has 0 aromatic carbocycles. The van der Waals surface area contributed by atoms with Crippen LogP contribution in [0.3, 0.4) is 0 Å². The van der Waals surface area contributed by atoms with Gasteiger partial charge in [0.15, 0.2) is 0 Å². The van der Waals surface area contributed by atoms with Gasteiger partial charge in [-0.1, -0.05) is 0 Å². The first kappa shape index (κ1) is 16.1. The van der Waals surface area contributed by atoms with Crippen LogP contribution in [0.4, 0.5) is 4.79 Å². The average Bonchev–Trinajstić information content (AvgIpc) is 2.28. The minimum absolute atomic E-state index is 0.360. The van der Waals surface area contributed by atoms with Crippen molar-refractivity contribution in [2.75, 3.05) is 32.3 Å². The molecule has 0 rings (SSSR count). The molecule has 0 saturated carbocycles. The first-order valence-electron chi connectivity index (χ1n) is 5.36. The average molecular weight is 264 g/mol. The molecule has 0 aromatic heterocycles. The van der Waals surface area contributed by atoms with Gasteiger partial charge in [0.2, 0.25) is 0 Å². The number of methoxy groups -OCH3 is 1. The first-order valence-corrected chi connectivity index (χ1v) is 6.76. The van der Waals surface area contributed by atoms with Gasteiger partial charge in [0, 0.05) is 26.0 Å². The largest absolute Gasteiger partial charge is 0.480 e. The summed E-state index contributed by atoms with van der Waals surface area (Å²) in [4.78, 5) is 22.2. The van der Waals surface area contributed by atoms with Crippen LogP contribution in [0.15, 0.2) is 0 Å². The highest BCUT2D eigenvalue weighted by Crippen LogP contribution is 1.98. The van der Waals surface area contributed by atoms with E-state index in [0.717, 1.165) is 5.75 Å². The Labute approximate surface area is 105 Å². The Kier molecular flexibility index (Phi) is 9.65. The molecule has 0 aromatic rings. The lowest BCUT2D eigenvalue weighted by Crippen LogP contribution is -2.46. The van der Waals surface area contributed by atoms with Crippen LogP contribution in [0.25, 0.3) is 0 Å². The van der Waals surface area contributed by atoms with Gasteiger partial charge in [-0.15, -0.1) is 0 Å². The molecule has 0 saturated heterocycles. The van der Waals surface area contributed by atoms with Crippen molar-refractivity contribution in [3.63, 3.8) is 0 Å². The fourth-order valence-corrected chi connectivity index (χ4v) is 1.47. The van der Waals surface area contributed by atoms with Crippen molar-refractivity contribution < 1.29 is 19.4 Å². The molecule has 0 aliphatic heterocycles. The van der Waals surface area contributed by atoms with E-state index in [1.165, 1.54) is 0 Å². The second-order valence-electron chi connectivity index (χ2n) is 3.42. The standard InChI is InChI=1S/C10H20N2O4S/c1-16-6-3-4-8(9(13)14)12-10(15)11-5-7-17-2/h8H,3-7H2,1-2H3,(H,13,14)(H2,11,12,15). The van der Waals surface area contributed by atoms with Crippen LogP contribution in [0, 0.1) is 0 Å². The van der Waals surface area contributed by atoms with Gasteiger partial charge in [-0.3, -0.25) is 0 Å². The second kappa shape index (κ2) is 10.2. The van der Waals surface area contributed by atoms with E-state index in [1.54, 1.807) is 18.9 Å². The number of thioether (sulfide) groups is 1. The highest BCUT2D eigenvalue weighted by Gasteiger charge is 2.18. The molecule has 1 atom stereocenters. The number of hydrogen-bond donors (Lipinski definition) is 3. The first-order chi connectivity index (χ1) is 8.11. The Bertz CT molecular complexity index is 238. The molecule has 0 fully saturated rings. The van der Waals surface area contributed by atoms with Crippen LogP contribution in [-0.4, -0.2) is 55.4 Å². The summed E-state index contributed by atoms with van der Waals surface area (Å²) < 4.78 is 4.83. The van der Waals surface area contributed by atoms with Gasteiger partial charge in [-0.25, -0.2) is 9.59 Å². The van der Waals surface area contributed by atoms with Crippen LogP contribution >= 0.6 is 11.8 Å². The van der Waals surface area contributed by atoms with Crippen molar-refractivity contribution in [2.24, 2.45) is 0 Å². The van der Waals surface area contributed by atoms with Crippen molar-refractivity contribution in [1.29, 1.82) is 0 Å². The molecular formula is C10H20N2O4S. The molecule has 0 heterocycles. The molecule has 17 heavy (non-hydrogen) atoms. The monoisotopic (exact) mass is 264 g/mol. The van der Waals surface area contributed by atoms with E-state index in [2.05, 4.69) is 10.6 Å². The van der Waals surface area contributed by atoms with Gasteiger partial charge in [-0.2, -0.15) is 11.8 Å². The second-order valence-corrected chi connectivity index (χ2v) is 4.40. The number of carbonyl (C=O) groups is 2. The topological polar surface area (TPSA) is 87.7 Å². The third-order valence-electron chi connectivity index (χ3n) is 2.04. The number of rotatable bonds is 9. The summed E-state index contributed by atoms with van der Waals surface area (Å²) >= 11 is 1.61. The van der Waals surface area contributed by atoms with Crippen LogP contribution in [0.2, 0.25) is 0 Å². The summed E-state index contributed by atoms with van der Waals surface area (Å²) in [6, 6.07) is -1.30. The van der Waals surface area contributed by atoms with E-state index < -0.39 is 18.0 Å². The zero-order valence-corrected chi connectivity index (χ0v) is 11.0. The number of carboxylic acid groups (broad SMARTS) is 1. The Balaban J connectivity index is 3.89.